The molecule has 0 bridgehead atoms. The highest BCUT2D eigenvalue weighted by atomic mass is 19.1. The third-order valence-electron chi connectivity index (χ3n) is 2.95. The molecule has 0 aliphatic rings. The Kier molecular flexibility index (Phi) is 3.55. The molecular weight excluding hydrogens is 245 g/mol. The van der Waals surface area contributed by atoms with E-state index >= 15 is 0 Å². The van der Waals surface area contributed by atoms with Gasteiger partial charge in [-0.05, 0) is 30.5 Å². The van der Waals surface area contributed by atoms with Crippen molar-refractivity contribution in [3.8, 4) is 11.1 Å². The molecule has 0 spiro atoms. The van der Waals surface area contributed by atoms with Gasteiger partial charge in [0.05, 0.1) is 5.56 Å². The van der Waals surface area contributed by atoms with Crippen LogP contribution in [0, 0.1) is 12.7 Å². The zero-order chi connectivity index (χ0) is 14.0. The van der Waals surface area contributed by atoms with E-state index < -0.39 is 11.7 Å². The summed E-state index contributed by atoms with van der Waals surface area (Å²) >= 11 is 0. The summed E-state index contributed by atoms with van der Waals surface area (Å²) in [5.74, 6) is -0.704. The largest absolute Gasteiger partial charge is 0.365 e. The number of nitrogens with two attached hydrogens (primary N) is 1. The van der Waals surface area contributed by atoms with E-state index in [0.717, 1.165) is 11.1 Å². The Bertz CT molecular complexity index is 623. The number of rotatable bonds is 3. The maximum atomic E-state index is 13.7. The summed E-state index contributed by atoms with van der Waals surface area (Å²) in [6.07, 6.45) is 3.80. The summed E-state index contributed by atoms with van der Waals surface area (Å²) in [6.45, 7) is 3.63. The second-order valence-corrected chi connectivity index (χ2v) is 4.19. The van der Waals surface area contributed by atoms with Crippen LogP contribution in [0.2, 0.25) is 0 Å². The first-order valence-electron chi connectivity index (χ1n) is 5.94. The molecule has 0 aliphatic carbocycles. The van der Waals surface area contributed by atoms with Crippen molar-refractivity contribution in [2.45, 2.75) is 20.3 Å². The summed E-state index contributed by atoms with van der Waals surface area (Å²) in [5.41, 5.74) is 7.25. The van der Waals surface area contributed by atoms with Crippen molar-refractivity contribution in [3.05, 3.63) is 47.3 Å². The summed E-state index contributed by atoms with van der Waals surface area (Å²) in [7, 11) is 0. The van der Waals surface area contributed by atoms with Crippen molar-refractivity contribution >= 4 is 5.91 Å². The molecule has 1 aromatic carbocycles. The van der Waals surface area contributed by atoms with Gasteiger partial charge in [-0.25, -0.2) is 14.4 Å². The Labute approximate surface area is 110 Å². The lowest BCUT2D eigenvalue weighted by atomic mass is 9.94. The molecule has 98 valence electrons. The third kappa shape index (κ3) is 2.45. The van der Waals surface area contributed by atoms with Crippen LogP contribution >= 0.6 is 0 Å². The van der Waals surface area contributed by atoms with Gasteiger partial charge in [0.1, 0.15) is 11.6 Å². The van der Waals surface area contributed by atoms with Crippen molar-refractivity contribution in [2.75, 3.05) is 0 Å². The second-order valence-electron chi connectivity index (χ2n) is 4.19. The maximum absolute atomic E-state index is 13.7. The van der Waals surface area contributed by atoms with Gasteiger partial charge in [0.15, 0.2) is 0 Å². The zero-order valence-corrected chi connectivity index (χ0v) is 10.8. The van der Waals surface area contributed by atoms with Crippen LogP contribution in [0.5, 0.6) is 0 Å². The van der Waals surface area contributed by atoms with E-state index in [9.17, 15) is 9.18 Å². The summed E-state index contributed by atoms with van der Waals surface area (Å²) < 4.78 is 13.7. The average molecular weight is 259 g/mol. The van der Waals surface area contributed by atoms with E-state index in [1.54, 1.807) is 25.4 Å². The van der Waals surface area contributed by atoms with Gasteiger partial charge >= 0.3 is 0 Å². The maximum Gasteiger partial charge on any atom is 0.251 e. The van der Waals surface area contributed by atoms with Crippen LogP contribution in [-0.4, -0.2) is 15.9 Å². The summed E-state index contributed by atoms with van der Waals surface area (Å²) in [6, 6.07) is 2.86. The van der Waals surface area contributed by atoms with E-state index in [-0.39, 0.29) is 5.56 Å². The van der Waals surface area contributed by atoms with E-state index in [1.165, 1.54) is 6.07 Å². The Morgan fingerprint density at radius 2 is 1.95 bits per heavy atom. The molecule has 0 saturated heterocycles. The lowest BCUT2D eigenvalue weighted by Crippen LogP contribution is -2.16. The number of hydrogen-bond donors (Lipinski definition) is 1. The first-order chi connectivity index (χ1) is 9.04. The van der Waals surface area contributed by atoms with E-state index in [2.05, 4.69) is 9.97 Å². The Morgan fingerprint density at radius 3 is 2.47 bits per heavy atom. The molecular formula is C14H14FN3O. The minimum Gasteiger partial charge on any atom is -0.365 e. The van der Waals surface area contributed by atoms with Gasteiger partial charge < -0.3 is 5.73 Å². The lowest BCUT2D eigenvalue weighted by molar-refractivity contribution is 0.0995. The Balaban J connectivity index is 2.67. The standard InChI is InChI=1S/C14H14FN3O/c1-3-10-11(9-6-17-8(2)18-7-9)4-5-12(15)13(10)14(16)19/h4-7H,3H2,1-2H3,(H2,16,19). The molecule has 0 unspecified atom stereocenters. The number of amides is 1. The molecule has 1 heterocycles. The second kappa shape index (κ2) is 5.14. The number of carbonyl (C=O) groups excluding carboxylic acids is 1. The fourth-order valence-electron chi connectivity index (χ4n) is 2.06. The highest BCUT2D eigenvalue weighted by molar-refractivity contribution is 5.96. The quantitative estimate of drug-likeness (QED) is 0.919. The van der Waals surface area contributed by atoms with Crippen LogP contribution in [0.15, 0.2) is 24.5 Å². The number of nitrogens with zero attached hydrogens (tertiary/aromatic N) is 2. The number of carbonyl (C=O) groups is 1. The molecule has 2 N–H and O–H groups in total. The number of primary amides is 1. The van der Waals surface area contributed by atoms with E-state index in [1.807, 2.05) is 6.92 Å². The SMILES string of the molecule is CCc1c(-c2cnc(C)nc2)ccc(F)c1C(N)=O. The Morgan fingerprint density at radius 1 is 1.32 bits per heavy atom. The van der Waals surface area contributed by atoms with Crippen molar-refractivity contribution < 1.29 is 9.18 Å². The van der Waals surface area contributed by atoms with Gasteiger partial charge in [0, 0.05) is 18.0 Å². The number of halogens is 1. The van der Waals surface area contributed by atoms with E-state index in [4.69, 9.17) is 5.73 Å². The van der Waals surface area contributed by atoms with Gasteiger partial charge in [0.2, 0.25) is 0 Å². The fourth-order valence-corrected chi connectivity index (χ4v) is 2.06. The molecule has 0 atom stereocenters. The van der Waals surface area contributed by atoms with Crippen LogP contribution in [0.1, 0.15) is 28.7 Å². The van der Waals surface area contributed by atoms with Crippen LogP contribution in [0.4, 0.5) is 4.39 Å². The number of aryl methyl sites for hydroxylation is 1. The van der Waals surface area contributed by atoms with Crippen LogP contribution in [-0.2, 0) is 6.42 Å². The van der Waals surface area contributed by atoms with Crippen molar-refractivity contribution in [2.24, 2.45) is 5.73 Å². The minimum absolute atomic E-state index is 0.0550. The fraction of sp³-hybridized carbons (Fsp3) is 0.214. The molecule has 0 saturated carbocycles. The number of benzene rings is 1. The van der Waals surface area contributed by atoms with Crippen molar-refractivity contribution in [3.63, 3.8) is 0 Å². The highest BCUT2D eigenvalue weighted by Crippen LogP contribution is 2.27. The topological polar surface area (TPSA) is 68.9 Å². The molecule has 0 aliphatic heterocycles. The first kappa shape index (κ1) is 13.1. The molecule has 5 heteroatoms. The normalized spacial score (nSPS) is 10.5. The van der Waals surface area contributed by atoms with Crippen LogP contribution in [0.3, 0.4) is 0 Å². The molecule has 1 aromatic heterocycles. The molecule has 2 aromatic rings. The predicted molar refractivity (Wildman–Crippen MR) is 70.1 cm³/mol. The smallest absolute Gasteiger partial charge is 0.251 e. The van der Waals surface area contributed by atoms with Gasteiger partial charge in [-0.1, -0.05) is 13.0 Å². The highest BCUT2D eigenvalue weighted by Gasteiger charge is 2.17. The molecule has 19 heavy (non-hydrogen) atoms. The number of hydrogen-bond acceptors (Lipinski definition) is 3. The van der Waals surface area contributed by atoms with Crippen LogP contribution in [0.25, 0.3) is 11.1 Å². The molecule has 1 amide bonds. The minimum atomic E-state index is -0.760. The molecule has 2 rings (SSSR count). The predicted octanol–water partition coefficient (Wildman–Crippen LogP) is 2.25. The van der Waals surface area contributed by atoms with Gasteiger partial charge in [0.25, 0.3) is 5.91 Å². The molecule has 0 radical (unpaired) electrons. The van der Waals surface area contributed by atoms with Crippen molar-refractivity contribution in [1.29, 1.82) is 0 Å². The van der Waals surface area contributed by atoms with Gasteiger partial charge in [-0.3, -0.25) is 4.79 Å². The lowest BCUT2D eigenvalue weighted by Gasteiger charge is -2.12. The first-order valence-corrected chi connectivity index (χ1v) is 5.94. The number of aromatic nitrogens is 2. The van der Waals surface area contributed by atoms with E-state index in [0.29, 0.717) is 17.8 Å². The van der Waals surface area contributed by atoms with Gasteiger partial charge in [-0.15, -0.1) is 0 Å². The molecule has 4 nitrogen and oxygen atoms in total. The Hall–Kier alpha value is -2.30. The zero-order valence-electron chi connectivity index (χ0n) is 10.8. The monoisotopic (exact) mass is 259 g/mol. The summed E-state index contributed by atoms with van der Waals surface area (Å²) in [5, 5.41) is 0. The third-order valence-corrected chi connectivity index (χ3v) is 2.95. The average Bonchev–Trinajstić information content (AvgIpc) is 2.39. The van der Waals surface area contributed by atoms with Crippen molar-refractivity contribution in [1.82, 2.24) is 9.97 Å². The van der Waals surface area contributed by atoms with Crippen LogP contribution < -0.4 is 5.73 Å². The molecule has 0 fully saturated rings. The van der Waals surface area contributed by atoms with Gasteiger partial charge in [-0.2, -0.15) is 0 Å². The summed E-state index contributed by atoms with van der Waals surface area (Å²) in [4.78, 5) is 19.6.